The summed E-state index contributed by atoms with van der Waals surface area (Å²) in [5.41, 5.74) is 9.41. The zero-order valence-electron chi connectivity index (χ0n) is 14.3. The largest absolute Gasteiger partial charge is 0.495 e. The lowest BCUT2D eigenvalue weighted by Gasteiger charge is -2.12. The minimum atomic E-state index is -0.564. The van der Waals surface area contributed by atoms with Crippen molar-refractivity contribution in [2.75, 3.05) is 20.0 Å². The number of nitrogen functional groups attached to an aromatic ring is 1. The van der Waals surface area contributed by atoms with Gasteiger partial charge in [-0.15, -0.1) is 0 Å². The van der Waals surface area contributed by atoms with E-state index in [9.17, 15) is 4.79 Å². The smallest absolute Gasteiger partial charge is 0.343 e. The van der Waals surface area contributed by atoms with E-state index < -0.39 is 5.97 Å². The fourth-order valence-electron chi connectivity index (χ4n) is 3.02. The van der Waals surface area contributed by atoms with Crippen LogP contribution < -0.4 is 10.5 Å². The van der Waals surface area contributed by atoms with E-state index >= 15 is 0 Å². The molecule has 2 heterocycles. The Hall–Kier alpha value is -3.61. The number of carbonyl (C=O) groups excluding carboxylic acids is 1. The molecule has 0 atom stereocenters. The predicted octanol–water partition coefficient (Wildman–Crippen LogP) is 2.95. The van der Waals surface area contributed by atoms with Crippen molar-refractivity contribution >= 4 is 34.0 Å². The molecular formula is C19H16N4O3. The van der Waals surface area contributed by atoms with Gasteiger partial charge in [0.25, 0.3) is 0 Å². The van der Waals surface area contributed by atoms with Crippen molar-refractivity contribution < 1.29 is 14.3 Å². The molecule has 0 spiro atoms. The van der Waals surface area contributed by atoms with E-state index in [1.54, 1.807) is 11.7 Å². The number of methoxy groups -OCH3 is 2. The molecule has 4 aromatic rings. The molecule has 0 aliphatic heterocycles. The highest BCUT2D eigenvalue weighted by Crippen LogP contribution is 2.34. The minimum Gasteiger partial charge on any atom is -0.495 e. The average Bonchev–Trinajstić information content (AvgIpc) is 2.96. The van der Waals surface area contributed by atoms with Crippen molar-refractivity contribution in [3.05, 3.63) is 54.1 Å². The van der Waals surface area contributed by atoms with Crippen LogP contribution in [0.3, 0.4) is 0 Å². The first kappa shape index (κ1) is 15.9. The van der Waals surface area contributed by atoms with E-state index in [4.69, 9.17) is 15.2 Å². The summed E-state index contributed by atoms with van der Waals surface area (Å²) in [5, 5.41) is 0. The first-order chi connectivity index (χ1) is 12.7. The van der Waals surface area contributed by atoms with Crippen molar-refractivity contribution in [3.8, 4) is 11.4 Å². The van der Waals surface area contributed by atoms with Crippen molar-refractivity contribution in [2.24, 2.45) is 0 Å². The van der Waals surface area contributed by atoms with E-state index in [0.29, 0.717) is 33.6 Å². The summed E-state index contributed by atoms with van der Waals surface area (Å²) in [6.45, 7) is 0. The number of carbonyl (C=O) groups is 1. The number of para-hydroxylation sites is 4. The molecule has 2 N–H and O–H groups in total. The number of fused-ring (bicyclic) bond motifs is 2. The summed E-state index contributed by atoms with van der Waals surface area (Å²) in [7, 11) is 2.88. The number of hydrogen-bond donors (Lipinski definition) is 1. The first-order valence-electron chi connectivity index (χ1n) is 7.94. The summed E-state index contributed by atoms with van der Waals surface area (Å²) in [5.74, 6) is 0.236. The van der Waals surface area contributed by atoms with Crippen LogP contribution in [0, 0.1) is 0 Å². The van der Waals surface area contributed by atoms with Crippen molar-refractivity contribution in [3.63, 3.8) is 0 Å². The Labute approximate surface area is 149 Å². The third-order valence-corrected chi connectivity index (χ3v) is 4.21. The number of esters is 1. The maximum atomic E-state index is 12.4. The van der Waals surface area contributed by atoms with Gasteiger partial charge in [0.05, 0.1) is 30.9 Å². The Morgan fingerprint density at radius 2 is 1.65 bits per heavy atom. The molecule has 0 bridgehead atoms. The van der Waals surface area contributed by atoms with Crippen molar-refractivity contribution in [1.82, 2.24) is 14.5 Å². The summed E-state index contributed by atoms with van der Waals surface area (Å²) >= 11 is 0. The fourth-order valence-corrected chi connectivity index (χ4v) is 3.02. The number of aromatic nitrogens is 3. The van der Waals surface area contributed by atoms with Crippen LogP contribution in [0.5, 0.6) is 5.75 Å². The fraction of sp³-hybridized carbons (Fsp3) is 0.105. The van der Waals surface area contributed by atoms with Gasteiger partial charge in [-0.3, -0.25) is 4.57 Å². The van der Waals surface area contributed by atoms with E-state index in [1.807, 2.05) is 48.5 Å². The molecule has 0 fully saturated rings. The molecule has 0 aliphatic rings. The third-order valence-electron chi connectivity index (χ3n) is 4.21. The van der Waals surface area contributed by atoms with Crippen LogP contribution >= 0.6 is 0 Å². The van der Waals surface area contributed by atoms with Crippen LogP contribution in [0.1, 0.15) is 10.4 Å². The SMILES string of the molecule is COC(=O)c1c(N)n(-c2ccccc2OC)c2nc3ccccc3nc12. The van der Waals surface area contributed by atoms with Gasteiger partial charge >= 0.3 is 5.97 Å². The standard InChI is InChI=1S/C19H16N4O3/c1-25-14-10-6-5-9-13(14)23-17(20)15(19(24)26-2)16-18(23)22-12-8-4-3-7-11(12)21-16/h3-10H,20H2,1-2H3. The Kier molecular flexibility index (Phi) is 3.69. The molecule has 0 saturated carbocycles. The van der Waals surface area contributed by atoms with Crippen LogP contribution in [-0.4, -0.2) is 34.7 Å². The predicted molar refractivity (Wildman–Crippen MR) is 98.7 cm³/mol. The summed E-state index contributed by atoms with van der Waals surface area (Å²) in [6, 6.07) is 14.8. The second-order valence-electron chi connectivity index (χ2n) is 5.64. The van der Waals surface area contributed by atoms with Gasteiger partial charge in [0.1, 0.15) is 22.6 Å². The molecule has 0 amide bonds. The molecule has 130 valence electrons. The molecule has 2 aromatic heterocycles. The lowest BCUT2D eigenvalue weighted by atomic mass is 10.2. The monoisotopic (exact) mass is 348 g/mol. The van der Waals surface area contributed by atoms with Crippen molar-refractivity contribution in [1.29, 1.82) is 0 Å². The zero-order valence-corrected chi connectivity index (χ0v) is 14.3. The highest BCUT2D eigenvalue weighted by Gasteiger charge is 2.26. The van der Waals surface area contributed by atoms with Gasteiger partial charge in [0.2, 0.25) is 0 Å². The van der Waals surface area contributed by atoms with Gasteiger partial charge in [-0.05, 0) is 24.3 Å². The highest BCUT2D eigenvalue weighted by molar-refractivity contribution is 6.09. The molecular weight excluding hydrogens is 332 g/mol. The van der Waals surface area contributed by atoms with Crippen LogP contribution in [0.25, 0.3) is 27.9 Å². The topological polar surface area (TPSA) is 92.3 Å². The van der Waals surface area contributed by atoms with Crippen LogP contribution in [-0.2, 0) is 4.74 Å². The summed E-state index contributed by atoms with van der Waals surface area (Å²) < 4.78 is 12.0. The first-order valence-corrected chi connectivity index (χ1v) is 7.94. The van der Waals surface area contributed by atoms with Crippen LogP contribution in [0.4, 0.5) is 5.82 Å². The van der Waals surface area contributed by atoms with E-state index in [0.717, 1.165) is 0 Å². The van der Waals surface area contributed by atoms with Gasteiger partial charge in [0.15, 0.2) is 5.65 Å². The van der Waals surface area contributed by atoms with E-state index in [-0.39, 0.29) is 11.4 Å². The Morgan fingerprint density at radius 1 is 1.00 bits per heavy atom. The normalized spacial score (nSPS) is 11.0. The van der Waals surface area contributed by atoms with Gasteiger partial charge in [0, 0.05) is 0 Å². The lowest BCUT2D eigenvalue weighted by Crippen LogP contribution is -2.08. The van der Waals surface area contributed by atoms with E-state index in [1.165, 1.54) is 7.11 Å². The van der Waals surface area contributed by atoms with Crippen LogP contribution in [0.2, 0.25) is 0 Å². The lowest BCUT2D eigenvalue weighted by molar-refractivity contribution is 0.0604. The van der Waals surface area contributed by atoms with Crippen molar-refractivity contribution in [2.45, 2.75) is 0 Å². The maximum Gasteiger partial charge on any atom is 0.343 e. The Morgan fingerprint density at radius 3 is 2.35 bits per heavy atom. The molecule has 0 radical (unpaired) electrons. The number of benzene rings is 2. The average molecular weight is 348 g/mol. The minimum absolute atomic E-state index is 0.187. The molecule has 0 aliphatic carbocycles. The Bertz CT molecular complexity index is 1150. The number of rotatable bonds is 3. The second-order valence-corrected chi connectivity index (χ2v) is 5.64. The zero-order chi connectivity index (χ0) is 18.3. The quantitative estimate of drug-likeness (QED) is 0.572. The maximum absolute atomic E-state index is 12.4. The highest BCUT2D eigenvalue weighted by atomic mass is 16.5. The molecule has 0 saturated heterocycles. The molecule has 7 nitrogen and oxygen atoms in total. The molecule has 2 aromatic carbocycles. The molecule has 4 rings (SSSR count). The number of hydrogen-bond acceptors (Lipinski definition) is 6. The Balaban J connectivity index is 2.17. The summed E-state index contributed by atoms with van der Waals surface area (Å²) in [6.07, 6.45) is 0. The summed E-state index contributed by atoms with van der Waals surface area (Å²) in [4.78, 5) is 21.7. The third kappa shape index (κ3) is 2.25. The van der Waals surface area contributed by atoms with Crippen LogP contribution in [0.15, 0.2) is 48.5 Å². The van der Waals surface area contributed by atoms with E-state index in [2.05, 4.69) is 9.97 Å². The molecule has 26 heavy (non-hydrogen) atoms. The molecule has 7 heteroatoms. The van der Waals surface area contributed by atoms with Gasteiger partial charge < -0.3 is 15.2 Å². The number of anilines is 1. The number of nitrogens with two attached hydrogens (primary N) is 1. The van der Waals surface area contributed by atoms with Gasteiger partial charge in [-0.25, -0.2) is 14.8 Å². The second kappa shape index (κ2) is 6.03. The molecule has 0 unspecified atom stereocenters. The van der Waals surface area contributed by atoms with Gasteiger partial charge in [-0.2, -0.15) is 0 Å². The number of nitrogens with zero attached hydrogens (tertiary/aromatic N) is 3. The number of ether oxygens (including phenoxy) is 2. The van der Waals surface area contributed by atoms with Gasteiger partial charge in [-0.1, -0.05) is 24.3 Å².